The van der Waals surface area contributed by atoms with E-state index < -0.39 is 0 Å². The van der Waals surface area contributed by atoms with Crippen LogP contribution < -0.4 is 10.6 Å². The lowest BCUT2D eigenvalue weighted by molar-refractivity contribution is -0.125. The van der Waals surface area contributed by atoms with Crippen molar-refractivity contribution in [3.05, 3.63) is 17.7 Å². The van der Waals surface area contributed by atoms with Crippen molar-refractivity contribution in [3.63, 3.8) is 0 Å². The number of imidazole rings is 1. The Bertz CT molecular complexity index is 424. The van der Waals surface area contributed by atoms with Crippen molar-refractivity contribution in [2.24, 2.45) is 0 Å². The maximum Gasteiger partial charge on any atom is 0.237 e. The average molecular weight is 250 g/mol. The largest absolute Gasteiger partial charge is 0.350 e. The van der Waals surface area contributed by atoms with Gasteiger partial charge in [-0.05, 0) is 20.3 Å². The molecule has 5 heteroatoms. The molecule has 1 aromatic rings. The van der Waals surface area contributed by atoms with E-state index in [1.165, 1.54) is 0 Å². The molecule has 18 heavy (non-hydrogen) atoms. The molecule has 0 fully saturated rings. The lowest BCUT2D eigenvalue weighted by Crippen LogP contribution is -2.53. The number of nitrogens with zero attached hydrogens (tertiary/aromatic N) is 1. The third-order valence-electron chi connectivity index (χ3n) is 3.38. The maximum atomic E-state index is 12.2. The molecule has 0 spiro atoms. The van der Waals surface area contributed by atoms with Crippen molar-refractivity contribution < 1.29 is 4.79 Å². The van der Waals surface area contributed by atoms with Gasteiger partial charge in [-0.25, -0.2) is 4.98 Å². The molecule has 2 heterocycles. The molecule has 0 bridgehead atoms. The van der Waals surface area contributed by atoms with Gasteiger partial charge < -0.3 is 10.3 Å². The number of H-pyrrole nitrogens is 1. The number of rotatable bonds is 4. The zero-order valence-electron chi connectivity index (χ0n) is 11.3. The Morgan fingerprint density at radius 2 is 2.39 bits per heavy atom. The Labute approximate surface area is 108 Å². The summed E-state index contributed by atoms with van der Waals surface area (Å²) in [6, 6.07) is -0.170. The number of carbonyl (C=O) groups excluding carboxylic acids is 1. The summed E-state index contributed by atoms with van der Waals surface area (Å²) in [7, 11) is 0. The summed E-state index contributed by atoms with van der Waals surface area (Å²) in [5.41, 5.74) is 1.95. The van der Waals surface area contributed by atoms with Crippen molar-refractivity contribution in [2.45, 2.75) is 58.2 Å². The number of amides is 1. The summed E-state index contributed by atoms with van der Waals surface area (Å²) in [6.07, 6.45) is 4.40. The third-order valence-corrected chi connectivity index (χ3v) is 3.38. The van der Waals surface area contributed by atoms with Crippen LogP contribution in [-0.4, -0.2) is 27.5 Å². The topological polar surface area (TPSA) is 69.8 Å². The highest BCUT2D eigenvalue weighted by Crippen LogP contribution is 2.15. The minimum Gasteiger partial charge on any atom is -0.350 e. The molecule has 1 aliphatic rings. The Kier molecular flexibility index (Phi) is 3.71. The lowest BCUT2D eigenvalue weighted by Gasteiger charge is -2.30. The van der Waals surface area contributed by atoms with Gasteiger partial charge in [0.1, 0.15) is 0 Å². The minimum atomic E-state index is -0.170. The standard InChI is InChI=1S/C13H22N4O/c1-4-5-13(2,3)17-12(18)10-6-9-11(7-14-10)16-8-15-9/h8,10,14H,4-7H2,1-3H3,(H,15,16)(H,17,18). The molecule has 1 aliphatic heterocycles. The molecule has 100 valence electrons. The zero-order valence-corrected chi connectivity index (χ0v) is 11.3. The third kappa shape index (κ3) is 2.90. The fourth-order valence-electron chi connectivity index (χ4n) is 2.46. The van der Waals surface area contributed by atoms with E-state index in [9.17, 15) is 4.79 Å². The zero-order chi connectivity index (χ0) is 13.2. The Balaban J connectivity index is 1.95. The van der Waals surface area contributed by atoms with Crippen molar-refractivity contribution in [3.8, 4) is 0 Å². The lowest BCUT2D eigenvalue weighted by atomic mass is 9.97. The molecule has 1 atom stereocenters. The number of nitrogens with one attached hydrogen (secondary N) is 3. The van der Waals surface area contributed by atoms with Gasteiger partial charge in [-0.2, -0.15) is 0 Å². The first-order chi connectivity index (χ1) is 8.52. The van der Waals surface area contributed by atoms with Gasteiger partial charge in [0.15, 0.2) is 0 Å². The first kappa shape index (κ1) is 13.1. The summed E-state index contributed by atoms with van der Waals surface area (Å²) < 4.78 is 0. The molecule has 2 rings (SSSR count). The monoisotopic (exact) mass is 250 g/mol. The summed E-state index contributed by atoms with van der Waals surface area (Å²) in [4.78, 5) is 19.5. The van der Waals surface area contributed by atoms with Gasteiger partial charge >= 0.3 is 0 Å². The van der Waals surface area contributed by atoms with Crippen LogP contribution in [0.1, 0.15) is 45.0 Å². The van der Waals surface area contributed by atoms with Crippen LogP contribution in [0.5, 0.6) is 0 Å². The molecule has 0 saturated heterocycles. The second-order valence-corrected chi connectivity index (χ2v) is 5.59. The van der Waals surface area contributed by atoms with Crippen molar-refractivity contribution in [1.82, 2.24) is 20.6 Å². The Morgan fingerprint density at radius 1 is 1.61 bits per heavy atom. The molecule has 1 amide bonds. The number of aromatic amines is 1. The van der Waals surface area contributed by atoms with Crippen LogP contribution in [0, 0.1) is 0 Å². The van der Waals surface area contributed by atoms with Crippen LogP contribution >= 0.6 is 0 Å². The van der Waals surface area contributed by atoms with Crippen LogP contribution in [0.3, 0.4) is 0 Å². The van der Waals surface area contributed by atoms with E-state index >= 15 is 0 Å². The van der Waals surface area contributed by atoms with Gasteiger partial charge in [0.2, 0.25) is 5.91 Å². The summed E-state index contributed by atoms with van der Waals surface area (Å²) >= 11 is 0. The van der Waals surface area contributed by atoms with Gasteiger partial charge in [-0.3, -0.25) is 10.1 Å². The second-order valence-electron chi connectivity index (χ2n) is 5.59. The van der Waals surface area contributed by atoms with Gasteiger partial charge in [0, 0.05) is 18.5 Å². The van der Waals surface area contributed by atoms with Crippen molar-refractivity contribution >= 4 is 5.91 Å². The van der Waals surface area contributed by atoms with Crippen LogP contribution in [-0.2, 0) is 17.8 Å². The molecular formula is C13H22N4O. The molecule has 1 aromatic heterocycles. The van der Waals surface area contributed by atoms with Crippen LogP contribution in [0.15, 0.2) is 6.33 Å². The van der Waals surface area contributed by atoms with E-state index in [1.807, 2.05) is 0 Å². The Morgan fingerprint density at radius 3 is 3.11 bits per heavy atom. The number of hydrogen-bond donors (Lipinski definition) is 3. The predicted molar refractivity (Wildman–Crippen MR) is 70.0 cm³/mol. The predicted octanol–water partition coefficient (Wildman–Crippen LogP) is 1.12. The summed E-state index contributed by atoms with van der Waals surface area (Å²) in [5, 5.41) is 6.35. The SMILES string of the molecule is CCCC(C)(C)NC(=O)C1Cc2nc[nH]c2CN1. The van der Waals surface area contributed by atoms with Crippen LogP contribution in [0.2, 0.25) is 0 Å². The number of fused-ring (bicyclic) bond motifs is 1. The molecule has 0 radical (unpaired) electrons. The Hall–Kier alpha value is -1.36. The van der Waals surface area contributed by atoms with E-state index in [1.54, 1.807) is 6.33 Å². The average Bonchev–Trinajstić information content (AvgIpc) is 2.74. The maximum absolute atomic E-state index is 12.2. The molecule has 1 unspecified atom stereocenters. The fourth-order valence-corrected chi connectivity index (χ4v) is 2.46. The molecule has 0 aliphatic carbocycles. The van der Waals surface area contributed by atoms with Gasteiger partial charge in [0.05, 0.1) is 23.8 Å². The second kappa shape index (κ2) is 5.10. The van der Waals surface area contributed by atoms with Crippen molar-refractivity contribution in [2.75, 3.05) is 0 Å². The van der Waals surface area contributed by atoms with E-state index in [0.717, 1.165) is 24.2 Å². The summed E-state index contributed by atoms with van der Waals surface area (Å²) in [5.74, 6) is 0.0714. The first-order valence-electron chi connectivity index (χ1n) is 6.58. The highest BCUT2D eigenvalue weighted by molar-refractivity contribution is 5.83. The van der Waals surface area contributed by atoms with Gasteiger partial charge in [0.25, 0.3) is 0 Å². The van der Waals surface area contributed by atoms with E-state index in [4.69, 9.17) is 0 Å². The number of hydrogen-bond acceptors (Lipinski definition) is 3. The van der Waals surface area contributed by atoms with Gasteiger partial charge in [-0.15, -0.1) is 0 Å². The minimum absolute atomic E-state index is 0.0714. The van der Waals surface area contributed by atoms with E-state index in [-0.39, 0.29) is 17.5 Å². The molecule has 3 N–H and O–H groups in total. The fraction of sp³-hybridized carbons (Fsp3) is 0.692. The van der Waals surface area contributed by atoms with E-state index in [2.05, 4.69) is 41.4 Å². The van der Waals surface area contributed by atoms with E-state index in [0.29, 0.717) is 13.0 Å². The van der Waals surface area contributed by atoms with Crippen molar-refractivity contribution in [1.29, 1.82) is 0 Å². The molecule has 5 nitrogen and oxygen atoms in total. The highest BCUT2D eigenvalue weighted by Gasteiger charge is 2.29. The summed E-state index contributed by atoms with van der Waals surface area (Å²) in [6.45, 7) is 6.94. The normalized spacial score (nSPS) is 19.4. The smallest absolute Gasteiger partial charge is 0.237 e. The van der Waals surface area contributed by atoms with Gasteiger partial charge in [-0.1, -0.05) is 13.3 Å². The highest BCUT2D eigenvalue weighted by atomic mass is 16.2. The molecule has 0 saturated carbocycles. The first-order valence-corrected chi connectivity index (χ1v) is 6.58. The quantitative estimate of drug-likeness (QED) is 0.750. The number of aromatic nitrogens is 2. The molecule has 0 aromatic carbocycles. The van der Waals surface area contributed by atoms with Crippen LogP contribution in [0.25, 0.3) is 0 Å². The number of carbonyl (C=O) groups is 1. The molecular weight excluding hydrogens is 228 g/mol. The van der Waals surface area contributed by atoms with Crippen LogP contribution in [0.4, 0.5) is 0 Å².